The van der Waals surface area contributed by atoms with E-state index in [4.69, 9.17) is 0 Å². The van der Waals surface area contributed by atoms with Crippen molar-refractivity contribution in [1.29, 1.82) is 0 Å². The van der Waals surface area contributed by atoms with Crippen LogP contribution >= 0.6 is 0 Å². The van der Waals surface area contributed by atoms with Crippen LogP contribution in [0.4, 0.5) is 0 Å². The van der Waals surface area contributed by atoms with E-state index in [0.717, 1.165) is 45.6 Å². The van der Waals surface area contributed by atoms with Gasteiger partial charge in [-0.05, 0) is 32.4 Å². The molecule has 4 nitrogen and oxygen atoms in total. The average Bonchev–Trinajstić information content (AvgIpc) is 3.10. The normalized spacial score (nSPS) is 17.2. The number of carbonyl (C=O) groups is 1. The zero-order chi connectivity index (χ0) is 13.6. The highest BCUT2D eigenvalue weighted by Gasteiger charge is 2.51. The van der Waals surface area contributed by atoms with E-state index in [1.165, 1.54) is 0 Å². The Labute approximate surface area is 111 Å². The van der Waals surface area contributed by atoms with Crippen molar-refractivity contribution in [3.8, 4) is 0 Å². The van der Waals surface area contributed by atoms with E-state index in [-0.39, 0.29) is 11.3 Å². The maximum Gasteiger partial charge on any atom is 0.226 e. The molecule has 2 N–H and O–H groups in total. The maximum atomic E-state index is 12.1. The Morgan fingerprint density at radius 1 is 1.28 bits per heavy atom. The molecule has 4 heteroatoms. The highest BCUT2D eigenvalue weighted by atomic mass is 16.2. The first-order chi connectivity index (χ1) is 8.53. The van der Waals surface area contributed by atoms with E-state index < -0.39 is 0 Å². The first-order valence-electron chi connectivity index (χ1n) is 7.20. The molecular formula is C14H29N3O. The van der Waals surface area contributed by atoms with Gasteiger partial charge in [0.15, 0.2) is 0 Å². The molecule has 0 aliphatic heterocycles. The monoisotopic (exact) mass is 255 g/mol. The molecule has 1 amide bonds. The lowest BCUT2D eigenvalue weighted by atomic mass is 9.91. The molecule has 0 spiro atoms. The van der Waals surface area contributed by atoms with Crippen molar-refractivity contribution in [3.05, 3.63) is 0 Å². The van der Waals surface area contributed by atoms with Gasteiger partial charge in [0, 0.05) is 26.2 Å². The van der Waals surface area contributed by atoms with Crippen molar-refractivity contribution >= 4 is 5.91 Å². The molecule has 0 heterocycles. The fourth-order valence-electron chi connectivity index (χ4n) is 2.30. The highest BCUT2D eigenvalue weighted by Crippen LogP contribution is 2.51. The fourth-order valence-corrected chi connectivity index (χ4v) is 2.30. The van der Waals surface area contributed by atoms with E-state index in [1.54, 1.807) is 0 Å². The van der Waals surface area contributed by atoms with Crippen LogP contribution in [0.25, 0.3) is 0 Å². The van der Waals surface area contributed by atoms with E-state index in [9.17, 15) is 4.79 Å². The smallest absolute Gasteiger partial charge is 0.226 e. The van der Waals surface area contributed by atoms with Gasteiger partial charge in [-0.2, -0.15) is 0 Å². The van der Waals surface area contributed by atoms with Gasteiger partial charge in [-0.15, -0.1) is 0 Å². The zero-order valence-corrected chi connectivity index (χ0v) is 12.4. The molecule has 0 aromatic rings. The minimum atomic E-state index is -0.0393. The van der Waals surface area contributed by atoms with Gasteiger partial charge in [-0.3, -0.25) is 4.79 Å². The second-order valence-corrected chi connectivity index (χ2v) is 5.72. The molecule has 0 bridgehead atoms. The van der Waals surface area contributed by atoms with Crippen LogP contribution in [0.3, 0.4) is 0 Å². The number of amides is 1. The van der Waals surface area contributed by atoms with Gasteiger partial charge in [0.25, 0.3) is 0 Å². The molecule has 106 valence electrons. The Hall–Kier alpha value is -0.610. The molecule has 1 aliphatic carbocycles. The van der Waals surface area contributed by atoms with Gasteiger partial charge in [-0.1, -0.05) is 20.8 Å². The number of nitrogens with zero attached hydrogens (tertiary/aromatic N) is 1. The third-order valence-electron chi connectivity index (χ3n) is 4.05. The molecule has 1 saturated carbocycles. The molecule has 1 aliphatic rings. The van der Waals surface area contributed by atoms with Crippen molar-refractivity contribution in [2.75, 3.05) is 39.8 Å². The van der Waals surface area contributed by atoms with Crippen molar-refractivity contribution in [2.24, 2.45) is 11.3 Å². The summed E-state index contributed by atoms with van der Waals surface area (Å²) in [6.07, 6.45) is 2.12. The number of rotatable bonds is 9. The third kappa shape index (κ3) is 4.25. The summed E-state index contributed by atoms with van der Waals surface area (Å²) in [5, 5.41) is 6.39. The lowest BCUT2D eigenvalue weighted by Gasteiger charge is -2.21. The van der Waals surface area contributed by atoms with Gasteiger partial charge in [0.05, 0.1) is 5.41 Å². The average molecular weight is 255 g/mol. The standard InChI is InChI=1S/C14H29N3O/c1-5-15-8-10-17(4)11-9-16-13(18)14(6-7-14)12(2)3/h12,15H,5-11H2,1-4H3,(H,16,18). The third-order valence-corrected chi connectivity index (χ3v) is 4.05. The summed E-state index contributed by atoms with van der Waals surface area (Å²) >= 11 is 0. The van der Waals surface area contributed by atoms with Crippen molar-refractivity contribution in [3.63, 3.8) is 0 Å². The van der Waals surface area contributed by atoms with Gasteiger partial charge in [0.2, 0.25) is 5.91 Å². The van der Waals surface area contributed by atoms with E-state index in [1.807, 2.05) is 0 Å². The Balaban J connectivity index is 2.12. The summed E-state index contributed by atoms with van der Waals surface area (Å²) in [6.45, 7) is 11.1. The Bertz CT molecular complexity index is 262. The fraction of sp³-hybridized carbons (Fsp3) is 0.929. The first kappa shape index (κ1) is 15.4. The second-order valence-electron chi connectivity index (χ2n) is 5.72. The number of hydrogen-bond acceptors (Lipinski definition) is 3. The van der Waals surface area contributed by atoms with Crippen LogP contribution in [0.1, 0.15) is 33.6 Å². The Kier molecular flexibility index (Phi) is 6.09. The highest BCUT2D eigenvalue weighted by molar-refractivity contribution is 5.85. The topological polar surface area (TPSA) is 44.4 Å². The van der Waals surface area contributed by atoms with Crippen LogP contribution in [0.5, 0.6) is 0 Å². The zero-order valence-electron chi connectivity index (χ0n) is 12.4. The summed E-state index contributed by atoms with van der Waals surface area (Å²) < 4.78 is 0. The first-order valence-corrected chi connectivity index (χ1v) is 7.20. The van der Waals surface area contributed by atoms with Crippen LogP contribution in [-0.4, -0.2) is 50.6 Å². The van der Waals surface area contributed by atoms with Gasteiger partial charge in [-0.25, -0.2) is 0 Å². The molecule has 0 radical (unpaired) electrons. The summed E-state index contributed by atoms with van der Waals surface area (Å²) in [4.78, 5) is 14.3. The minimum Gasteiger partial charge on any atom is -0.354 e. The minimum absolute atomic E-state index is 0.0393. The van der Waals surface area contributed by atoms with E-state index >= 15 is 0 Å². The largest absolute Gasteiger partial charge is 0.354 e. The SMILES string of the molecule is CCNCCN(C)CCNC(=O)C1(C(C)C)CC1. The van der Waals surface area contributed by atoms with Crippen molar-refractivity contribution < 1.29 is 4.79 Å². The van der Waals surface area contributed by atoms with Crippen LogP contribution in [0.15, 0.2) is 0 Å². The Morgan fingerprint density at radius 3 is 2.39 bits per heavy atom. The maximum absolute atomic E-state index is 12.1. The quantitative estimate of drug-likeness (QED) is 0.606. The molecule has 0 aromatic carbocycles. The van der Waals surface area contributed by atoms with E-state index in [2.05, 4.69) is 43.4 Å². The molecule has 1 rings (SSSR count). The van der Waals surface area contributed by atoms with Crippen molar-refractivity contribution in [1.82, 2.24) is 15.5 Å². The van der Waals surface area contributed by atoms with Crippen LogP contribution in [0.2, 0.25) is 0 Å². The summed E-state index contributed by atoms with van der Waals surface area (Å²) in [5.74, 6) is 0.724. The van der Waals surface area contributed by atoms with Crippen LogP contribution in [-0.2, 0) is 4.79 Å². The molecule has 0 unspecified atom stereocenters. The molecular weight excluding hydrogens is 226 g/mol. The predicted octanol–water partition coefficient (Wildman–Crippen LogP) is 1.08. The van der Waals surface area contributed by atoms with Gasteiger partial charge in [0.1, 0.15) is 0 Å². The second kappa shape index (κ2) is 7.10. The van der Waals surface area contributed by atoms with Gasteiger partial charge >= 0.3 is 0 Å². The summed E-state index contributed by atoms with van der Waals surface area (Å²) in [5.41, 5.74) is -0.0393. The van der Waals surface area contributed by atoms with Crippen LogP contribution < -0.4 is 10.6 Å². The number of likely N-dealkylation sites (N-methyl/N-ethyl adjacent to an activating group) is 2. The number of nitrogens with one attached hydrogen (secondary N) is 2. The number of carbonyl (C=O) groups excluding carboxylic acids is 1. The predicted molar refractivity (Wildman–Crippen MR) is 75.6 cm³/mol. The summed E-state index contributed by atoms with van der Waals surface area (Å²) in [7, 11) is 2.10. The lowest BCUT2D eigenvalue weighted by molar-refractivity contribution is -0.127. The van der Waals surface area contributed by atoms with Gasteiger partial charge < -0.3 is 15.5 Å². The van der Waals surface area contributed by atoms with E-state index in [0.29, 0.717) is 5.92 Å². The molecule has 0 saturated heterocycles. The number of hydrogen-bond donors (Lipinski definition) is 2. The lowest BCUT2D eigenvalue weighted by Crippen LogP contribution is -2.40. The summed E-state index contributed by atoms with van der Waals surface area (Å²) in [6, 6.07) is 0. The molecule has 1 fully saturated rings. The van der Waals surface area contributed by atoms with Crippen LogP contribution in [0, 0.1) is 11.3 Å². The molecule has 18 heavy (non-hydrogen) atoms. The molecule has 0 aromatic heterocycles. The molecule has 0 atom stereocenters. The Morgan fingerprint density at radius 2 is 1.89 bits per heavy atom. The van der Waals surface area contributed by atoms with Crippen molar-refractivity contribution in [2.45, 2.75) is 33.6 Å².